The van der Waals surface area contributed by atoms with Crippen molar-refractivity contribution in [2.45, 2.75) is 33.6 Å². The van der Waals surface area contributed by atoms with Gasteiger partial charge in [0.15, 0.2) is 0 Å². The van der Waals surface area contributed by atoms with E-state index in [4.69, 9.17) is 5.26 Å². The zero-order valence-corrected chi connectivity index (χ0v) is 13.1. The summed E-state index contributed by atoms with van der Waals surface area (Å²) in [5.41, 5.74) is 1.97. The second-order valence-corrected chi connectivity index (χ2v) is 5.70. The molecule has 1 amide bonds. The number of rotatable bonds is 6. The normalized spacial score (nSPS) is 11.4. The molecule has 0 spiro atoms. The van der Waals surface area contributed by atoms with Crippen molar-refractivity contribution in [1.29, 1.82) is 5.26 Å². The van der Waals surface area contributed by atoms with Gasteiger partial charge in [-0.15, -0.1) is 0 Å². The Kier molecular flexibility index (Phi) is 6.48. The van der Waals surface area contributed by atoms with Gasteiger partial charge in [0.05, 0.1) is 0 Å². The number of carbonyl (C=O) groups excluding carboxylic acids is 1. The van der Waals surface area contributed by atoms with Gasteiger partial charge in [-0.1, -0.05) is 39.8 Å². The van der Waals surface area contributed by atoms with Gasteiger partial charge in [0.25, 0.3) is 5.91 Å². The van der Waals surface area contributed by atoms with Crippen LogP contribution in [0.5, 0.6) is 0 Å². The van der Waals surface area contributed by atoms with Gasteiger partial charge in [0, 0.05) is 18.4 Å². The number of hydrogen-bond donors (Lipinski definition) is 2. The zero-order valence-electron chi connectivity index (χ0n) is 13.1. The Balaban J connectivity index is 2.68. The Morgan fingerprint density at radius 3 is 2.33 bits per heavy atom. The van der Waals surface area contributed by atoms with Crippen LogP contribution >= 0.6 is 0 Å². The quantitative estimate of drug-likeness (QED) is 0.622. The van der Waals surface area contributed by atoms with Crippen LogP contribution in [0.25, 0.3) is 0 Å². The number of benzene rings is 1. The van der Waals surface area contributed by atoms with Crippen molar-refractivity contribution in [3.8, 4) is 6.07 Å². The Morgan fingerprint density at radius 1 is 1.24 bits per heavy atom. The molecule has 21 heavy (non-hydrogen) atoms. The SMILES string of the molecule is CC(C)CN/C=C(/C#N)C(=O)Nc1ccc(C(C)C)cc1. The van der Waals surface area contributed by atoms with Crippen LogP contribution in [0.2, 0.25) is 0 Å². The van der Waals surface area contributed by atoms with Crippen LogP contribution in [0, 0.1) is 17.2 Å². The smallest absolute Gasteiger partial charge is 0.267 e. The van der Waals surface area contributed by atoms with Crippen LogP contribution in [0.15, 0.2) is 36.0 Å². The molecule has 0 heterocycles. The van der Waals surface area contributed by atoms with Crippen LogP contribution in [-0.4, -0.2) is 12.5 Å². The molecule has 112 valence electrons. The lowest BCUT2D eigenvalue weighted by Gasteiger charge is -2.08. The highest BCUT2D eigenvalue weighted by atomic mass is 16.1. The number of nitriles is 1. The fourth-order valence-corrected chi connectivity index (χ4v) is 1.70. The number of hydrogen-bond acceptors (Lipinski definition) is 3. The van der Waals surface area contributed by atoms with E-state index >= 15 is 0 Å². The molecule has 2 N–H and O–H groups in total. The maximum Gasteiger partial charge on any atom is 0.267 e. The largest absolute Gasteiger partial charge is 0.389 e. The third kappa shape index (κ3) is 5.70. The Bertz CT molecular complexity index is 536. The molecule has 1 rings (SSSR count). The molecule has 0 radical (unpaired) electrons. The maximum absolute atomic E-state index is 12.0. The van der Waals surface area contributed by atoms with Gasteiger partial charge >= 0.3 is 0 Å². The summed E-state index contributed by atoms with van der Waals surface area (Å²) in [5.74, 6) is 0.503. The summed E-state index contributed by atoms with van der Waals surface area (Å²) in [4.78, 5) is 12.0. The van der Waals surface area contributed by atoms with E-state index in [1.165, 1.54) is 11.8 Å². The zero-order chi connectivity index (χ0) is 15.8. The summed E-state index contributed by atoms with van der Waals surface area (Å²) in [6.45, 7) is 9.07. The molecule has 4 heteroatoms. The average molecular weight is 285 g/mol. The van der Waals surface area contributed by atoms with Gasteiger partial charge in [0.1, 0.15) is 11.6 Å². The molecule has 0 saturated heterocycles. The standard InChI is InChI=1S/C17H23N3O/c1-12(2)10-19-11-15(9-18)17(21)20-16-7-5-14(6-8-16)13(3)4/h5-8,11-13,19H,10H2,1-4H3,(H,20,21)/b15-11-. The summed E-state index contributed by atoms with van der Waals surface area (Å²) in [5, 5.41) is 14.7. The predicted octanol–water partition coefficient (Wildman–Crippen LogP) is 3.40. The van der Waals surface area contributed by atoms with E-state index in [-0.39, 0.29) is 5.57 Å². The number of nitrogens with one attached hydrogen (secondary N) is 2. The van der Waals surface area contributed by atoms with Crippen LogP contribution < -0.4 is 10.6 Å². The van der Waals surface area contributed by atoms with E-state index < -0.39 is 5.91 Å². The molecule has 1 aromatic carbocycles. The number of carbonyl (C=O) groups is 1. The van der Waals surface area contributed by atoms with E-state index in [1.54, 1.807) is 0 Å². The predicted molar refractivity (Wildman–Crippen MR) is 85.7 cm³/mol. The second-order valence-electron chi connectivity index (χ2n) is 5.70. The van der Waals surface area contributed by atoms with Crippen molar-refractivity contribution < 1.29 is 4.79 Å². The highest BCUT2D eigenvalue weighted by Crippen LogP contribution is 2.17. The molecule has 0 aliphatic heterocycles. The topological polar surface area (TPSA) is 64.9 Å². The van der Waals surface area contributed by atoms with E-state index in [0.717, 1.165) is 6.54 Å². The fraction of sp³-hybridized carbons (Fsp3) is 0.412. The van der Waals surface area contributed by atoms with Crippen molar-refractivity contribution in [1.82, 2.24) is 5.32 Å². The van der Waals surface area contributed by atoms with E-state index in [1.807, 2.05) is 30.3 Å². The van der Waals surface area contributed by atoms with Gasteiger partial charge in [-0.2, -0.15) is 5.26 Å². The molecule has 0 unspecified atom stereocenters. The van der Waals surface area contributed by atoms with E-state index in [0.29, 0.717) is 17.5 Å². The van der Waals surface area contributed by atoms with Crippen LogP contribution in [0.1, 0.15) is 39.2 Å². The van der Waals surface area contributed by atoms with E-state index in [2.05, 4.69) is 38.3 Å². The van der Waals surface area contributed by atoms with Crippen molar-refractivity contribution in [2.75, 3.05) is 11.9 Å². The molecule has 4 nitrogen and oxygen atoms in total. The second kappa shape index (κ2) is 8.11. The van der Waals surface area contributed by atoms with Gasteiger partial charge in [-0.3, -0.25) is 4.79 Å². The number of nitrogens with zero attached hydrogens (tertiary/aromatic N) is 1. The monoisotopic (exact) mass is 285 g/mol. The van der Waals surface area contributed by atoms with Crippen molar-refractivity contribution in [2.24, 2.45) is 5.92 Å². The lowest BCUT2D eigenvalue weighted by Crippen LogP contribution is -2.19. The average Bonchev–Trinajstić information content (AvgIpc) is 2.43. The van der Waals surface area contributed by atoms with Crippen LogP contribution in [0.3, 0.4) is 0 Å². The Hall–Kier alpha value is -2.28. The van der Waals surface area contributed by atoms with E-state index in [9.17, 15) is 4.79 Å². The number of anilines is 1. The minimum atomic E-state index is -0.397. The van der Waals surface area contributed by atoms with Crippen molar-refractivity contribution in [3.05, 3.63) is 41.6 Å². The first-order valence-corrected chi connectivity index (χ1v) is 7.19. The lowest BCUT2D eigenvalue weighted by molar-refractivity contribution is -0.112. The van der Waals surface area contributed by atoms with Crippen molar-refractivity contribution >= 4 is 11.6 Å². The first-order chi connectivity index (χ1) is 9.93. The summed E-state index contributed by atoms with van der Waals surface area (Å²) in [6.07, 6.45) is 1.47. The highest BCUT2D eigenvalue weighted by molar-refractivity contribution is 6.06. The minimum Gasteiger partial charge on any atom is -0.389 e. The third-order valence-corrected chi connectivity index (χ3v) is 2.97. The first-order valence-electron chi connectivity index (χ1n) is 7.19. The number of amides is 1. The third-order valence-electron chi connectivity index (χ3n) is 2.97. The minimum absolute atomic E-state index is 0.0728. The first kappa shape index (κ1) is 16.8. The summed E-state index contributed by atoms with van der Waals surface area (Å²) >= 11 is 0. The summed E-state index contributed by atoms with van der Waals surface area (Å²) in [6, 6.07) is 9.57. The molecule has 0 bridgehead atoms. The Labute approximate surface area is 126 Å². The maximum atomic E-state index is 12.0. The molecular weight excluding hydrogens is 262 g/mol. The molecule has 0 saturated carbocycles. The van der Waals surface area contributed by atoms with Gasteiger partial charge in [-0.05, 0) is 29.5 Å². The Morgan fingerprint density at radius 2 is 1.86 bits per heavy atom. The van der Waals surface area contributed by atoms with Crippen LogP contribution in [0.4, 0.5) is 5.69 Å². The molecule has 0 fully saturated rings. The molecule has 0 atom stereocenters. The molecular formula is C17H23N3O. The van der Waals surface area contributed by atoms with Crippen molar-refractivity contribution in [3.63, 3.8) is 0 Å². The van der Waals surface area contributed by atoms with Gasteiger partial charge in [0.2, 0.25) is 0 Å². The fourth-order valence-electron chi connectivity index (χ4n) is 1.70. The summed E-state index contributed by atoms with van der Waals surface area (Å²) in [7, 11) is 0. The van der Waals surface area contributed by atoms with Gasteiger partial charge in [-0.25, -0.2) is 0 Å². The van der Waals surface area contributed by atoms with Gasteiger partial charge < -0.3 is 10.6 Å². The highest BCUT2D eigenvalue weighted by Gasteiger charge is 2.09. The molecule has 0 aliphatic rings. The molecule has 0 aromatic heterocycles. The lowest BCUT2D eigenvalue weighted by atomic mass is 10.0. The summed E-state index contributed by atoms with van der Waals surface area (Å²) < 4.78 is 0. The van der Waals surface area contributed by atoms with Crippen LogP contribution in [-0.2, 0) is 4.79 Å². The molecule has 1 aromatic rings. The molecule has 0 aliphatic carbocycles.